The second-order valence-electron chi connectivity index (χ2n) is 4.57. The van der Waals surface area contributed by atoms with Crippen LogP contribution < -0.4 is 5.32 Å². The van der Waals surface area contributed by atoms with Crippen LogP contribution in [0.25, 0.3) is 11.0 Å². The topological polar surface area (TPSA) is 64.1 Å². The highest BCUT2D eigenvalue weighted by atomic mass is 16.5. The van der Waals surface area contributed by atoms with Crippen LogP contribution in [0.1, 0.15) is 23.2 Å². The predicted molar refractivity (Wildman–Crippen MR) is 70.8 cm³/mol. The van der Waals surface area contributed by atoms with Crippen LogP contribution in [0.2, 0.25) is 0 Å². The molecule has 1 unspecified atom stereocenters. The minimum Gasteiger partial charge on any atom is -0.376 e. The summed E-state index contributed by atoms with van der Waals surface area (Å²) in [5.41, 5.74) is 1.92. The fraction of sp³-hybridized carbons (Fsp3) is 0.357. The molecule has 1 atom stereocenters. The summed E-state index contributed by atoms with van der Waals surface area (Å²) in [6.45, 7) is 1.34. The van der Waals surface area contributed by atoms with Crippen LogP contribution in [-0.2, 0) is 4.74 Å². The Morgan fingerprint density at radius 2 is 2.26 bits per heavy atom. The molecule has 2 heterocycles. The van der Waals surface area contributed by atoms with Crippen molar-refractivity contribution in [2.24, 2.45) is 0 Å². The number of carbonyl (C=O) groups is 1. The van der Waals surface area contributed by atoms with E-state index in [4.69, 9.17) is 4.74 Å². The molecule has 0 radical (unpaired) electrons. The standard InChI is InChI=1S/C14H15N3O2/c18-14(17-9-10-3-2-8-19-10)11-4-1-5-12-13(11)16-7-6-15-12/h1,4-7,10H,2-3,8-9H2,(H,17,18). The van der Waals surface area contributed by atoms with E-state index in [0.717, 1.165) is 25.0 Å². The number of carbonyl (C=O) groups excluding carboxylic acids is 1. The van der Waals surface area contributed by atoms with E-state index in [0.29, 0.717) is 17.6 Å². The van der Waals surface area contributed by atoms with Gasteiger partial charge in [-0.1, -0.05) is 6.07 Å². The van der Waals surface area contributed by atoms with Crippen molar-refractivity contribution in [1.29, 1.82) is 0 Å². The molecule has 0 bridgehead atoms. The van der Waals surface area contributed by atoms with Crippen LogP contribution in [0.15, 0.2) is 30.6 Å². The average molecular weight is 257 g/mol. The molecule has 0 spiro atoms. The Bertz CT molecular complexity index is 589. The number of nitrogens with one attached hydrogen (secondary N) is 1. The van der Waals surface area contributed by atoms with Gasteiger partial charge in [-0.05, 0) is 25.0 Å². The van der Waals surface area contributed by atoms with E-state index >= 15 is 0 Å². The first-order valence-corrected chi connectivity index (χ1v) is 6.44. The Morgan fingerprint density at radius 3 is 3.11 bits per heavy atom. The maximum Gasteiger partial charge on any atom is 0.253 e. The molecule has 2 aromatic rings. The molecule has 1 aliphatic heterocycles. The van der Waals surface area contributed by atoms with Crippen molar-refractivity contribution in [3.63, 3.8) is 0 Å². The Kier molecular flexibility index (Phi) is 3.37. The maximum atomic E-state index is 12.2. The van der Waals surface area contributed by atoms with Gasteiger partial charge in [-0.15, -0.1) is 0 Å². The molecule has 98 valence electrons. The van der Waals surface area contributed by atoms with Crippen molar-refractivity contribution in [1.82, 2.24) is 15.3 Å². The van der Waals surface area contributed by atoms with E-state index in [2.05, 4.69) is 15.3 Å². The zero-order valence-electron chi connectivity index (χ0n) is 10.5. The molecule has 1 amide bonds. The number of hydrogen-bond donors (Lipinski definition) is 1. The summed E-state index contributed by atoms with van der Waals surface area (Å²) in [5, 5.41) is 2.90. The van der Waals surface area contributed by atoms with Gasteiger partial charge in [0.1, 0.15) is 5.52 Å². The molecule has 0 aliphatic carbocycles. The van der Waals surface area contributed by atoms with Gasteiger partial charge >= 0.3 is 0 Å². The molecule has 1 aliphatic rings. The van der Waals surface area contributed by atoms with Crippen molar-refractivity contribution >= 4 is 16.9 Å². The summed E-state index contributed by atoms with van der Waals surface area (Å²) in [7, 11) is 0. The zero-order chi connectivity index (χ0) is 13.1. The van der Waals surface area contributed by atoms with Gasteiger partial charge in [0.2, 0.25) is 0 Å². The van der Waals surface area contributed by atoms with Crippen LogP contribution in [0.4, 0.5) is 0 Å². The smallest absolute Gasteiger partial charge is 0.253 e. The minimum atomic E-state index is -0.124. The number of para-hydroxylation sites is 1. The van der Waals surface area contributed by atoms with E-state index < -0.39 is 0 Å². The highest BCUT2D eigenvalue weighted by Gasteiger charge is 2.17. The summed E-state index contributed by atoms with van der Waals surface area (Å²) in [6.07, 6.45) is 5.44. The van der Waals surface area contributed by atoms with Gasteiger partial charge < -0.3 is 10.1 Å². The van der Waals surface area contributed by atoms with Gasteiger partial charge in [-0.2, -0.15) is 0 Å². The maximum absolute atomic E-state index is 12.2. The van der Waals surface area contributed by atoms with Crippen molar-refractivity contribution in [3.8, 4) is 0 Å². The minimum absolute atomic E-state index is 0.124. The van der Waals surface area contributed by atoms with Gasteiger partial charge in [0.05, 0.1) is 17.2 Å². The van der Waals surface area contributed by atoms with Crippen LogP contribution in [0.5, 0.6) is 0 Å². The number of hydrogen-bond acceptors (Lipinski definition) is 4. The summed E-state index contributed by atoms with van der Waals surface area (Å²) in [6, 6.07) is 5.43. The van der Waals surface area contributed by atoms with Crippen molar-refractivity contribution in [2.45, 2.75) is 18.9 Å². The normalized spacial score (nSPS) is 18.6. The molecule has 0 saturated carbocycles. The van der Waals surface area contributed by atoms with E-state index in [9.17, 15) is 4.79 Å². The van der Waals surface area contributed by atoms with Crippen molar-refractivity contribution < 1.29 is 9.53 Å². The van der Waals surface area contributed by atoms with E-state index in [1.54, 1.807) is 18.5 Å². The first-order valence-electron chi connectivity index (χ1n) is 6.44. The first kappa shape index (κ1) is 12.0. The zero-order valence-corrected chi connectivity index (χ0v) is 10.5. The summed E-state index contributed by atoms with van der Waals surface area (Å²) in [5.74, 6) is -0.124. The SMILES string of the molecule is O=C(NCC1CCCO1)c1cccc2nccnc12. The molecule has 5 heteroatoms. The Balaban J connectivity index is 1.77. The molecule has 1 aromatic carbocycles. The second kappa shape index (κ2) is 5.32. The summed E-state index contributed by atoms with van der Waals surface area (Å²) in [4.78, 5) is 20.6. The van der Waals surface area contributed by atoms with Crippen LogP contribution in [-0.4, -0.2) is 35.1 Å². The molecular formula is C14H15N3O2. The summed E-state index contributed by atoms with van der Waals surface area (Å²) >= 11 is 0. The molecule has 5 nitrogen and oxygen atoms in total. The predicted octanol–water partition coefficient (Wildman–Crippen LogP) is 1.54. The van der Waals surface area contributed by atoms with Gasteiger partial charge in [0, 0.05) is 25.5 Å². The molecule has 1 N–H and O–H groups in total. The van der Waals surface area contributed by atoms with Crippen molar-refractivity contribution in [2.75, 3.05) is 13.2 Å². The lowest BCUT2D eigenvalue weighted by atomic mass is 10.1. The molecule has 19 heavy (non-hydrogen) atoms. The van der Waals surface area contributed by atoms with Crippen LogP contribution in [0.3, 0.4) is 0 Å². The molecule has 1 fully saturated rings. The lowest BCUT2D eigenvalue weighted by molar-refractivity contribution is 0.0859. The average Bonchev–Trinajstić information content (AvgIpc) is 2.97. The molecule has 3 rings (SSSR count). The summed E-state index contributed by atoms with van der Waals surface area (Å²) < 4.78 is 5.48. The fourth-order valence-corrected chi connectivity index (χ4v) is 2.28. The van der Waals surface area contributed by atoms with Gasteiger partial charge in [-0.3, -0.25) is 14.8 Å². The van der Waals surface area contributed by atoms with Crippen LogP contribution in [0, 0.1) is 0 Å². The fourth-order valence-electron chi connectivity index (χ4n) is 2.28. The molecule has 1 saturated heterocycles. The molecule has 1 aromatic heterocycles. The largest absolute Gasteiger partial charge is 0.376 e. The van der Waals surface area contributed by atoms with E-state index in [1.807, 2.05) is 12.1 Å². The molecular weight excluding hydrogens is 242 g/mol. The monoisotopic (exact) mass is 257 g/mol. The third-order valence-corrected chi connectivity index (χ3v) is 3.26. The number of fused-ring (bicyclic) bond motifs is 1. The quantitative estimate of drug-likeness (QED) is 0.905. The lowest BCUT2D eigenvalue weighted by Crippen LogP contribution is -2.31. The Morgan fingerprint density at radius 1 is 1.37 bits per heavy atom. The van der Waals surface area contributed by atoms with Gasteiger partial charge in [0.25, 0.3) is 5.91 Å². The number of amides is 1. The highest BCUT2D eigenvalue weighted by Crippen LogP contribution is 2.14. The third-order valence-electron chi connectivity index (χ3n) is 3.26. The first-order chi connectivity index (χ1) is 9.34. The number of benzene rings is 1. The lowest BCUT2D eigenvalue weighted by Gasteiger charge is -2.11. The van der Waals surface area contributed by atoms with Gasteiger partial charge in [0.15, 0.2) is 0 Å². The Hall–Kier alpha value is -2.01. The van der Waals surface area contributed by atoms with Gasteiger partial charge in [-0.25, -0.2) is 0 Å². The van der Waals surface area contributed by atoms with E-state index in [1.165, 1.54) is 0 Å². The number of rotatable bonds is 3. The second-order valence-corrected chi connectivity index (χ2v) is 4.57. The van der Waals surface area contributed by atoms with Crippen LogP contribution >= 0.6 is 0 Å². The third kappa shape index (κ3) is 2.56. The number of ether oxygens (including phenoxy) is 1. The number of nitrogens with zero attached hydrogens (tertiary/aromatic N) is 2. The van der Waals surface area contributed by atoms with Crippen molar-refractivity contribution in [3.05, 3.63) is 36.2 Å². The Labute approximate surface area is 111 Å². The highest BCUT2D eigenvalue weighted by molar-refractivity contribution is 6.04. The van der Waals surface area contributed by atoms with E-state index in [-0.39, 0.29) is 12.0 Å². The number of aromatic nitrogens is 2.